The van der Waals surface area contributed by atoms with Crippen LogP contribution in [0.25, 0.3) is 0 Å². The van der Waals surface area contributed by atoms with E-state index < -0.39 is 0 Å². The highest BCUT2D eigenvalue weighted by Crippen LogP contribution is 2.20. The summed E-state index contributed by atoms with van der Waals surface area (Å²) < 4.78 is 0. The van der Waals surface area contributed by atoms with Gasteiger partial charge in [-0.1, -0.05) is 0 Å². The summed E-state index contributed by atoms with van der Waals surface area (Å²) in [7, 11) is 0. The van der Waals surface area contributed by atoms with Gasteiger partial charge in [0.05, 0.1) is 5.69 Å². The van der Waals surface area contributed by atoms with E-state index in [1.807, 2.05) is 6.07 Å². The maximum atomic E-state index is 9.26. The van der Waals surface area contributed by atoms with Crippen molar-refractivity contribution in [1.82, 2.24) is 5.32 Å². The number of nitrogen functional groups attached to an aromatic ring is 1. The molecule has 1 heterocycles. The number of anilines is 1. The van der Waals surface area contributed by atoms with Crippen LogP contribution in [0.5, 0.6) is 5.75 Å². The van der Waals surface area contributed by atoms with Gasteiger partial charge in [-0.3, -0.25) is 4.99 Å². The third-order valence-corrected chi connectivity index (χ3v) is 2.20. The van der Waals surface area contributed by atoms with E-state index >= 15 is 0 Å². The Balaban J connectivity index is 0.00000112. The van der Waals surface area contributed by atoms with Gasteiger partial charge in [0.1, 0.15) is 11.6 Å². The van der Waals surface area contributed by atoms with Crippen molar-refractivity contribution in [3.8, 4) is 5.75 Å². The highest BCUT2D eigenvalue weighted by Gasteiger charge is 2.08. The molecule has 82 valence electrons. The molecule has 15 heavy (non-hydrogen) atoms. The minimum absolute atomic E-state index is 0. The van der Waals surface area contributed by atoms with E-state index in [1.165, 1.54) is 0 Å². The zero-order chi connectivity index (χ0) is 9.97. The number of aliphatic imine (C=N–C) groups is 1. The first-order chi connectivity index (χ1) is 6.77. The van der Waals surface area contributed by atoms with Crippen molar-refractivity contribution < 1.29 is 10.6 Å². The molecule has 0 saturated heterocycles. The molecule has 1 aromatic carbocycles. The minimum atomic E-state index is 0. The molecular formula is C10H15N3O2. The molecule has 6 N–H and O–H groups in total. The smallest absolute Gasteiger partial charge is 0.138 e. The number of nitrogens with zero attached hydrogens (tertiary/aromatic N) is 1. The highest BCUT2D eigenvalue weighted by atomic mass is 16.3. The molecule has 0 fully saturated rings. The number of rotatable bonds is 1. The fourth-order valence-corrected chi connectivity index (χ4v) is 1.43. The Morgan fingerprint density at radius 2 is 2.20 bits per heavy atom. The molecule has 0 bridgehead atoms. The van der Waals surface area contributed by atoms with Crippen LogP contribution < -0.4 is 11.1 Å². The van der Waals surface area contributed by atoms with Crippen molar-refractivity contribution in [1.29, 1.82) is 0 Å². The standard InChI is InChI=1S/C10H13N3O.H2O/c11-8-6-7(2-3-9(8)14)10-12-4-1-5-13-10;/h2-3,6,14H,1,4-5,11H2,(H,12,13);1H2. The van der Waals surface area contributed by atoms with Crippen LogP contribution in [0.3, 0.4) is 0 Å². The summed E-state index contributed by atoms with van der Waals surface area (Å²) in [5, 5.41) is 12.5. The van der Waals surface area contributed by atoms with Crippen LogP contribution >= 0.6 is 0 Å². The second kappa shape index (κ2) is 4.65. The third-order valence-electron chi connectivity index (χ3n) is 2.20. The lowest BCUT2D eigenvalue weighted by molar-refractivity contribution is 0.478. The first-order valence-corrected chi connectivity index (χ1v) is 4.64. The number of nitrogens with one attached hydrogen (secondary N) is 1. The van der Waals surface area contributed by atoms with E-state index in [1.54, 1.807) is 12.1 Å². The average Bonchev–Trinajstić information content (AvgIpc) is 2.23. The SMILES string of the molecule is Nc1cc(C2=NCCCN2)ccc1O.O. The van der Waals surface area contributed by atoms with Crippen molar-refractivity contribution in [3.05, 3.63) is 23.8 Å². The second-order valence-corrected chi connectivity index (χ2v) is 3.28. The Morgan fingerprint density at radius 1 is 1.40 bits per heavy atom. The lowest BCUT2D eigenvalue weighted by Crippen LogP contribution is -2.30. The molecule has 0 aromatic heterocycles. The Hall–Kier alpha value is -1.75. The van der Waals surface area contributed by atoms with Crippen LogP contribution in [0.2, 0.25) is 0 Å². The number of phenolic OH excluding ortho intramolecular Hbond substituents is 1. The van der Waals surface area contributed by atoms with Crippen LogP contribution in [0, 0.1) is 0 Å². The molecule has 0 aliphatic carbocycles. The van der Waals surface area contributed by atoms with Crippen LogP contribution in [0.1, 0.15) is 12.0 Å². The summed E-state index contributed by atoms with van der Waals surface area (Å²) in [4.78, 5) is 4.34. The fraction of sp³-hybridized carbons (Fsp3) is 0.300. The maximum absolute atomic E-state index is 9.26. The van der Waals surface area contributed by atoms with Gasteiger partial charge in [-0.2, -0.15) is 0 Å². The minimum Gasteiger partial charge on any atom is -0.506 e. The monoisotopic (exact) mass is 209 g/mol. The lowest BCUT2D eigenvalue weighted by atomic mass is 10.1. The molecule has 0 spiro atoms. The summed E-state index contributed by atoms with van der Waals surface area (Å²) >= 11 is 0. The lowest BCUT2D eigenvalue weighted by Gasteiger charge is -2.15. The van der Waals surface area contributed by atoms with E-state index in [9.17, 15) is 5.11 Å². The third kappa shape index (κ3) is 2.38. The molecule has 0 saturated carbocycles. The van der Waals surface area contributed by atoms with E-state index in [0.29, 0.717) is 5.69 Å². The summed E-state index contributed by atoms with van der Waals surface area (Å²) in [6, 6.07) is 5.12. The molecule has 1 aromatic rings. The maximum Gasteiger partial charge on any atom is 0.138 e. The zero-order valence-electron chi connectivity index (χ0n) is 8.33. The number of aromatic hydroxyl groups is 1. The van der Waals surface area contributed by atoms with Gasteiger partial charge < -0.3 is 21.6 Å². The largest absolute Gasteiger partial charge is 0.506 e. The van der Waals surface area contributed by atoms with Crippen molar-refractivity contribution in [3.63, 3.8) is 0 Å². The van der Waals surface area contributed by atoms with Crippen molar-refractivity contribution in [2.24, 2.45) is 4.99 Å². The van der Waals surface area contributed by atoms with E-state index in [4.69, 9.17) is 5.73 Å². The quantitative estimate of drug-likeness (QED) is 0.444. The molecular weight excluding hydrogens is 194 g/mol. The Kier molecular flexibility index (Phi) is 3.51. The van der Waals surface area contributed by atoms with E-state index in [2.05, 4.69) is 10.3 Å². The molecule has 5 nitrogen and oxygen atoms in total. The van der Waals surface area contributed by atoms with Crippen LogP contribution in [-0.4, -0.2) is 29.5 Å². The first-order valence-electron chi connectivity index (χ1n) is 4.64. The fourth-order valence-electron chi connectivity index (χ4n) is 1.43. The molecule has 2 rings (SSSR count). The van der Waals surface area contributed by atoms with Crippen LogP contribution in [-0.2, 0) is 0 Å². The summed E-state index contributed by atoms with van der Waals surface area (Å²) in [5.41, 5.74) is 6.91. The van der Waals surface area contributed by atoms with E-state index in [0.717, 1.165) is 30.9 Å². The predicted octanol–water partition coefficient (Wildman–Crippen LogP) is -0.110. The number of phenols is 1. The molecule has 5 heteroatoms. The topological polar surface area (TPSA) is 102 Å². The first kappa shape index (κ1) is 11.3. The molecule has 0 atom stereocenters. The number of hydrogen-bond acceptors (Lipinski definition) is 4. The zero-order valence-corrected chi connectivity index (χ0v) is 8.33. The van der Waals surface area contributed by atoms with Gasteiger partial charge in [-0.05, 0) is 24.6 Å². The summed E-state index contributed by atoms with van der Waals surface area (Å²) in [6.45, 7) is 1.79. The highest BCUT2D eigenvalue weighted by molar-refractivity contribution is 6.00. The Labute approximate surface area is 87.9 Å². The van der Waals surface area contributed by atoms with Crippen molar-refractivity contribution in [2.45, 2.75) is 6.42 Å². The predicted molar refractivity (Wildman–Crippen MR) is 60.2 cm³/mol. The van der Waals surface area contributed by atoms with Gasteiger partial charge in [0.2, 0.25) is 0 Å². The number of nitrogens with two attached hydrogens (primary N) is 1. The van der Waals surface area contributed by atoms with Crippen molar-refractivity contribution in [2.75, 3.05) is 18.8 Å². The molecule has 0 amide bonds. The molecule has 1 aliphatic heterocycles. The van der Waals surface area contributed by atoms with Gasteiger partial charge >= 0.3 is 0 Å². The van der Waals surface area contributed by atoms with Crippen LogP contribution in [0.4, 0.5) is 5.69 Å². The number of benzene rings is 1. The number of amidine groups is 1. The van der Waals surface area contributed by atoms with Gasteiger partial charge in [-0.25, -0.2) is 0 Å². The Morgan fingerprint density at radius 3 is 2.80 bits per heavy atom. The van der Waals surface area contributed by atoms with Gasteiger partial charge in [0.25, 0.3) is 0 Å². The van der Waals surface area contributed by atoms with E-state index in [-0.39, 0.29) is 11.2 Å². The van der Waals surface area contributed by atoms with Gasteiger partial charge in [-0.15, -0.1) is 0 Å². The van der Waals surface area contributed by atoms with Gasteiger partial charge in [0.15, 0.2) is 0 Å². The normalized spacial score (nSPS) is 14.8. The second-order valence-electron chi connectivity index (χ2n) is 3.28. The molecule has 1 aliphatic rings. The van der Waals surface area contributed by atoms with Gasteiger partial charge in [0, 0.05) is 18.7 Å². The Bertz CT molecular complexity index is 377. The molecule has 0 radical (unpaired) electrons. The summed E-state index contributed by atoms with van der Waals surface area (Å²) in [5.74, 6) is 0.980. The number of hydrogen-bond donors (Lipinski definition) is 3. The molecule has 0 unspecified atom stereocenters. The average molecular weight is 209 g/mol. The van der Waals surface area contributed by atoms with Crippen LogP contribution in [0.15, 0.2) is 23.2 Å². The summed E-state index contributed by atoms with van der Waals surface area (Å²) in [6.07, 6.45) is 1.07. The van der Waals surface area contributed by atoms with Crippen molar-refractivity contribution >= 4 is 11.5 Å².